The van der Waals surface area contributed by atoms with Crippen LogP contribution >= 0.6 is 0 Å². The van der Waals surface area contributed by atoms with Gasteiger partial charge >= 0.3 is 5.97 Å². The summed E-state index contributed by atoms with van der Waals surface area (Å²) >= 11 is 0. The summed E-state index contributed by atoms with van der Waals surface area (Å²) in [4.78, 5) is 11.8. The van der Waals surface area contributed by atoms with Gasteiger partial charge < -0.3 is 10.1 Å². The second-order valence-electron chi connectivity index (χ2n) is 6.15. The number of esters is 1. The lowest BCUT2D eigenvalue weighted by Gasteiger charge is -2.15. The predicted octanol–water partition coefficient (Wildman–Crippen LogP) is 5.73. The maximum Gasteiger partial charge on any atom is 0.323 e. The van der Waals surface area contributed by atoms with Gasteiger partial charge in [0.25, 0.3) is 0 Å². The Bertz CT molecular complexity index is 385. The first-order chi connectivity index (χ1) is 12.3. The third kappa shape index (κ3) is 15.9. The molecule has 25 heavy (non-hydrogen) atoms. The van der Waals surface area contributed by atoms with Crippen molar-refractivity contribution in [2.24, 2.45) is 0 Å². The van der Waals surface area contributed by atoms with E-state index < -0.39 is 0 Å². The fourth-order valence-electron chi connectivity index (χ4n) is 2.58. The van der Waals surface area contributed by atoms with Gasteiger partial charge in [-0.05, 0) is 52.0 Å². The molecule has 0 rings (SSSR count). The van der Waals surface area contributed by atoms with E-state index in [9.17, 15) is 4.79 Å². The Morgan fingerprint density at radius 2 is 1.52 bits per heavy atom. The van der Waals surface area contributed by atoms with E-state index in [1.165, 1.54) is 19.3 Å². The van der Waals surface area contributed by atoms with E-state index in [1.54, 1.807) is 0 Å². The summed E-state index contributed by atoms with van der Waals surface area (Å²) in [5.74, 6) is -0.106. The Morgan fingerprint density at radius 3 is 2.16 bits per heavy atom. The van der Waals surface area contributed by atoms with E-state index >= 15 is 0 Å². The molecule has 0 aromatic rings. The first-order valence-electron chi connectivity index (χ1n) is 10.1. The van der Waals surface area contributed by atoms with Gasteiger partial charge in [-0.3, -0.25) is 4.79 Å². The number of allylic oxidation sites excluding steroid dienone is 6. The number of hydrogen-bond acceptors (Lipinski definition) is 3. The van der Waals surface area contributed by atoms with Crippen LogP contribution in [0.15, 0.2) is 36.5 Å². The molecule has 0 radical (unpaired) electrons. The van der Waals surface area contributed by atoms with Gasteiger partial charge in [0.1, 0.15) is 6.04 Å². The number of ether oxygens (including phenoxy) is 1. The smallest absolute Gasteiger partial charge is 0.323 e. The highest BCUT2D eigenvalue weighted by Crippen LogP contribution is 2.09. The first-order valence-corrected chi connectivity index (χ1v) is 10.1. The second-order valence-corrected chi connectivity index (χ2v) is 6.15. The zero-order valence-corrected chi connectivity index (χ0v) is 16.6. The van der Waals surface area contributed by atoms with Crippen molar-refractivity contribution in [2.75, 3.05) is 13.2 Å². The highest BCUT2D eigenvalue weighted by Gasteiger charge is 2.17. The Balaban J connectivity index is 3.60. The van der Waals surface area contributed by atoms with Gasteiger partial charge in [-0.25, -0.2) is 0 Å². The molecule has 0 spiro atoms. The van der Waals surface area contributed by atoms with Gasteiger partial charge in [0.05, 0.1) is 6.61 Å². The maximum absolute atomic E-state index is 11.8. The van der Waals surface area contributed by atoms with E-state index in [2.05, 4.69) is 48.7 Å². The lowest BCUT2D eigenvalue weighted by Crippen LogP contribution is -2.37. The quantitative estimate of drug-likeness (QED) is 0.220. The van der Waals surface area contributed by atoms with Crippen molar-refractivity contribution in [1.82, 2.24) is 5.32 Å². The molecule has 0 bridgehead atoms. The second kappa shape index (κ2) is 19.0. The Morgan fingerprint density at radius 1 is 0.880 bits per heavy atom. The minimum absolute atomic E-state index is 0.106. The normalized spacial score (nSPS) is 13.2. The number of unbranched alkanes of at least 4 members (excludes halogenated alkanes) is 4. The molecule has 3 nitrogen and oxygen atoms in total. The molecule has 0 heterocycles. The van der Waals surface area contributed by atoms with Crippen LogP contribution in [0.1, 0.15) is 78.6 Å². The molecular formula is C22H39NO2. The van der Waals surface area contributed by atoms with Crippen LogP contribution in [0.3, 0.4) is 0 Å². The molecule has 0 saturated heterocycles. The zero-order chi connectivity index (χ0) is 18.6. The lowest BCUT2D eigenvalue weighted by molar-refractivity contribution is -0.145. The van der Waals surface area contributed by atoms with Crippen molar-refractivity contribution in [2.45, 2.75) is 84.6 Å². The van der Waals surface area contributed by atoms with Gasteiger partial charge in [0.2, 0.25) is 0 Å². The summed E-state index contributed by atoms with van der Waals surface area (Å²) in [5.41, 5.74) is 0. The molecule has 1 atom stereocenters. The maximum atomic E-state index is 11.8. The van der Waals surface area contributed by atoms with Gasteiger partial charge in [-0.1, -0.05) is 69.6 Å². The summed E-state index contributed by atoms with van der Waals surface area (Å²) in [7, 11) is 0. The molecule has 144 valence electrons. The lowest BCUT2D eigenvalue weighted by atomic mass is 10.1. The fraction of sp³-hybridized carbons (Fsp3) is 0.682. The SMILES string of the molecule is CCC=CCC=CCC=CCCCCCCC(NCC)C(=O)OCC. The molecule has 0 saturated carbocycles. The number of nitrogens with one attached hydrogen (secondary N) is 1. The van der Waals surface area contributed by atoms with Crippen molar-refractivity contribution in [1.29, 1.82) is 0 Å². The van der Waals surface area contributed by atoms with Crippen LogP contribution in [0, 0.1) is 0 Å². The first kappa shape index (κ1) is 23.6. The van der Waals surface area contributed by atoms with Crippen molar-refractivity contribution >= 4 is 5.97 Å². The van der Waals surface area contributed by atoms with E-state index in [4.69, 9.17) is 4.74 Å². The molecule has 0 aliphatic heterocycles. The number of hydrogen-bond donors (Lipinski definition) is 1. The van der Waals surface area contributed by atoms with Crippen LogP contribution in [0.4, 0.5) is 0 Å². The van der Waals surface area contributed by atoms with Crippen LogP contribution < -0.4 is 5.32 Å². The Labute approximate surface area is 155 Å². The van der Waals surface area contributed by atoms with Crippen LogP contribution in [-0.4, -0.2) is 25.2 Å². The van der Waals surface area contributed by atoms with Crippen molar-refractivity contribution in [3.8, 4) is 0 Å². The average Bonchev–Trinajstić information content (AvgIpc) is 2.61. The fourth-order valence-corrected chi connectivity index (χ4v) is 2.58. The number of carbonyl (C=O) groups excluding carboxylic acids is 1. The molecular weight excluding hydrogens is 310 g/mol. The summed E-state index contributed by atoms with van der Waals surface area (Å²) in [6.07, 6.45) is 23.3. The molecule has 0 fully saturated rings. The third-order valence-electron chi connectivity index (χ3n) is 3.92. The van der Waals surface area contributed by atoms with Crippen LogP contribution in [0.2, 0.25) is 0 Å². The number of rotatable bonds is 16. The van der Waals surface area contributed by atoms with E-state index in [1.807, 2.05) is 13.8 Å². The minimum Gasteiger partial charge on any atom is -0.465 e. The Hall–Kier alpha value is -1.35. The monoisotopic (exact) mass is 349 g/mol. The zero-order valence-electron chi connectivity index (χ0n) is 16.6. The highest BCUT2D eigenvalue weighted by molar-refractivity contribution is 5.75. The number of likely N-dealkylation sites (N-methyl/N-ethyl adjacent to an activating group) is 1. The van der Waals surface area contributed by atoms with Gasteiger partial charge in [0, 0.05) is 0 Å². The highest BCUT2D eigenvalue weighted by atomic mass is 16.5. The van der Waals surface area contributed by atoms with Crippen LogP contribution in [0.25, 0.3) is 0 Å². The van der Waals surface area contributed by atoms with Crippen molar-refractivity contribution in [3.05, 3.63) is 36.5 Å². The largest absolute Gasteiger partial charge is 0.465 e. The molecule has 0 aliphatic rings. The molecule has 0 aromatic heterocycles. The van der Waals surface area contributed by atoms with Crippen molar-refractivity contribution < 1.29 is 9.53 Å². The van der Waals surface area contributed by atoms with Gasteiger partial charge in [-0.2, -0.15) is 0 Å². The van der Waals surface area contributed by atoms with Gasteiger partial charge in [0.15, 0.2) is 0 Å². The standard InChI is InChI=1S/C22H39NO2/c1-4-7-8-9-10-11-12-13-14-15-16-17-18-19-20-21(23-5-2)22(24)25-6-3/h7-8,10-11,13-14,21,23H,4-6,9,12,15-20H2,1-3H3. The molecule has 0 amide bonds. The van der Waals surface area contributed by atoms with E-state index in [-0.39, 0.29) is 12.0 Å². The van der Waals surface area contributed by atoms with Crippen LogP contribution in [-0.2, 0) is 9.53 Å². The summed E-state index contributed by atoms with van der Waals surface area (Å²) in [6, 6.07) is -0.135. The molecule has 0 aromatic carbocycles. The van der Waals surface area contributed by atoms with E-state index in [0.717, 1.165) is 45.1 Å². The summed E-state index contributed by atoms with van der Waals surface area (Å²) in [5, 5.41) is 3.22. The average molecular weight is 350 g/mol. The third-order valence-corrected chi connectivity index (χ3v) is 3.92. The predicted molar refractivity (Wildman–Crippen MR) is 109 cm³/mol. The molecule has 1 N–H and O–H groups in total. The molecule has 0 aliphatic carbocycles. The summed E-state index contributed by atoms with van der Waals surface area (Å²) in [6.45, 7) is 7.29. The minimum atomic E-state index is -0.135. The van der Waals surface area contributed by atoms with Gasteiger partial charge in [-0.15, -0.1) is 0 Å². The Kier molecular flexibility index (Phi) is 18.0. The van der Waals surface area contributed by atoms with Crippen molar-refractivity contribution in [3.63, 3.8) is 0 Å². The van der Waals surface area contributed by atoms with E-state index in [0.29, 0.717) is 6.61 Å². The molecule has 3 heteroatoms. The number of carbonyl (C=O) groups is 1. The topological polar surface area (TPSA) is 38.3 Å². The molecule has 1 unspecified atom stereocenters. The summed E-state index contributed by atoms with van der Waals surface area (Å²) < 4.78 is 5.11. The van der Waals surface area contributed by atoms with Crippen LogP contribution in [0.5, 0.6) is 0 Å².